The van der Waals surface area contributed by atoms with Crippen molar-refractivity contribution in [1.82, 2.24) is 0 Å². The van der Waals surface area contributed by atoms with Gasteiger partial charge in [0.15, 0.2) is 0 Å². The summed E-state index contributed by atoms with van der Waals surface area (Å²) >= 11 is 3.72. The molecule has 152 valence electrons. The molecule has 2 aromatic carbocycles. The van der Waals surface area contributed by atoms with Gasteiger partial charge in [0.1, 0.15) is 22.5 Å². The van der Waals surface area contributed by atoms with Crippen LogP contribution in [-0.2, 0) is 13.1 Å². The molecule has 0 spiro atoms. The summed E-state index contributed by atoms with van der Waals surface area (Å²) < 4.78 is 7.67. The van der Waals surface area contributed by atoms with Gasteiger partial charge in [0.05, 0.1) is 0 Å². The third-order valence-corrected chi connectivity index (χ3v) is 7.68. The van der Waals surface area contributed by atoms with Crippen LogP contribution < -0.4 is 9.13 Å². The largest absolute Gasteiger partial charge is 0.225 e. The molecule has 0 aliphatic carbocycles. The van der Waals surface area contributed by atoms with Crippen molar-refractivity contribution in [2.24, 2.45) is 0 Å². The van der Waals surface area contributed by atoms with Gasteiger partial charge < -0.3 is 0 Å². The molecule has 4 rings (SSSR count). The summed E-state index contributed by atoms with van der Waals surface area (Å²) in [6, 6.07) is 15.5. The lowest BCUT2D eigenvalue weighted by molar-refractivity contribution is -0.667. The highest BCUT2D eigenvalue weighted by atomic mass is 32.1. The van der Waals surface area contributed by atoms with Gasteiger partial charge in [-0.15, -0.1) is 0 Å². The molecule has 0 N–H and O–H groups in total. The first-order chi connectivity index (χ1) is 14.3. The Bertz CT molecular complexity index is 1050. The zero-order chi connectivity index (χ0) is 19.9. The minimum atomic E-state index is 1.16. The van der Waals surface area contributed by atoms with Crippen molar-refractivity contribution in [3.8, 4) is 0 Å². The van der Waals surface area contributed by atoms with E-state index >= 15 is 0 Å². The molecule has 0 aliphatic rings. The number of unbranched alkanes of at least 4 members (excludes halogenated alkanes) is 7. The van der Waals surface area contributed by atoms with Crippen molar-refractivity contribution < 1.29 is 9.13 Å². The molecule has 29 heavy (non-hydrogen) atoms. The third-order valence-electron chi connectivity index (χ3n) is 5.76. The van der Waals surface area contributed by atoms with E-state index in [-0.39, 0.29) is 0 Å². The average Bonchev–Trinajstić information content (AvgIpc) is 3.33. The maximum absolute atomic E-state index is 2.44. The molecule has 0 saturated heterocycles. The number of nitrogens with zero attached hydrogens (tertiary/aromatic N) is 2. The van der Waals surface area contributed by atoms with Crippen LogP contribution in [0, 0.1) is 6.92 Å². The van der Waals surface area contributed by atoms with Gasteiger partial charge in [-0.1, -0.05) is 66.6 Å². The Hall–Kier alpha value is -1.78. The highest BCUT2D eigenvalue weighted by Crippen LogP contribution is 2.18. The van der Waals surface area contributed by atoms with Crippen molar-refractivity contribution in [3.05, 3.63) is 59.0 Å². The van der Waals surface area contributed by atoms with Gasteiger partial charge in [-0.3, -0.25) is 0 Å². The fourth-order valence-corrected chi connectivity index (χ4v) is 5.90. The van der Waals surface area contributed by atoms with Gasteiger partial charge in [-0.2, -0.15) is 9.13 Å². The Morgan fingerprint density at radius 2 is 1.17 bits per heavy atom. The molecule has 2 aromatic heterocycles. The van der Waals surface area contributed by atoms with Crippen LogP contribution in [0.1, 0.15) is 56.9 Å². The van der Waals surface area contributed by atoms with Crippen molar-refractivity contribution in [2.45, 2.75) is 71.4 Å². The number of hydrogen-bond donors (Lipinski definition) is 0. The molecule has 0 unspecified atom stereocenters. The molecule has 0 bridgehead atoms. The van der Waals surface area contributed by atoms with Crippen LogP contribution in [0.15, 0.2) is 53.5 Å². The van der Waals surface area contributed by atoms with Crippen molar-refractivity contribution >= 4 is 43.1 Å². The molecular formula is C25H32N2S2+2. The van der Waals surface area contributed by atoms with Crippen LogP contribution in [0.3, 0.4) is 0 Å². The molecule has 0 atom stereocenters. The highest BCUT2D eigenvalue weighted by molar-refractivity contribution is 7.16. The lowest BCUT2D eigenvalue weighted by Crippen LogP contribution is -2.31. The Labute approximate surface area is 182 Å². The summed E-state index contributed by atoms with van der Waals surface area (Å²) in [5, 5.41) is 0. The number of aryl methyl sites for hydroxylation is 3. The van der Waals surface area contributed by atoms with Crippen molar-refractivity contribution in [3.63, 3.8) is 0 Å². The zero-order valence-electron chi connectivity index (χ0n) is 17.5. The molecule has 4 heteroatoms. The van der Waals surface area contributed by atoms with Crippen LogP contribution in [0.2, 0.25) is 0 Å². The predicted molar refractivity (Wildman–Crippen MR) is 126 cm³/mol. The number of hydrogen-bond acceptors (Lipinski definition) is 2. The fourth-order valence-electron chi connectivity index (χ4n) is 4.07. The van der Waals surface area contributed by atoms with Gasteiger partial charge in [0, 0.05) is 25.0 Å². The molecule has 0 saturated carbocycles. The molecule has 0 fully saturated rings. The average molecular weight is 425 g/mol. The first-order valence-electron chi connectivity index (χ1n) is 11.0. The standard InChI is InChI=1S/C25H32N2S2/c1-21-14-15-25-23(18-21)27(20-29-25)17-11-7-5-3-2-4-6-10-16-26-19-28-24-13-9-8-12-22(24)26/h8-9,12-15,18-20H,2-7,10-11,16-17H2,1H3/q+2. The molecular weight excluding hydrogens is 392 g/mol. The van der Waals surface area contributed by atoms with Gasteiger partial charge in [0.25, 0.3) is 0 Å². The maximum Gasteiger partial charge on any atom is 0.225 e. The normalized spacial score (nSPS) is 11.6. The topological polar surface area (TPSA) is 7.76 Å². The predicted octanol–water partition coefficient (Wildman–Crippen LogP) is 6.82. The van der Waals surface area contributed by atoms with Crippen LogP contribution in [0.5, 0.6) is 0 Å². The number of para-hydroxylation sites is 1. The summed E-state index contributed by atoms with van der Waals surface area (Å²) in [5.74, 6) is 0. The van der Waals surface area contributed by atoms with Crippen LogP contribution in [0.25, 0.3) is 20.4 Å². The first kappa shape index (κ1) is 20.5. The molecule has 2 heterocycles. The van der Waals surface area contributed by atoms with Gasteiger partial charge >= 0.3 is 0 Å². The summed E-state index contributed by atoms with van der Waals surface area (Å²) in [6.07, 6.45) is 10.8. The van der Waals surface area contributed by atoms with E-state index in [1.165, 1.54) is 77.4 Å². The monoisotopic (exact) mass is 424 g/mol. The number of fused-ring (bicyclic) bond motifs is 2. The van der Waals surface area contributed by atoms with Crippen molar-refractivity contribution in [1.29, 1.82) is 0 Å². The molecule has 4 aromatic rings. The van der Waals surface area contributed by atoms with Crippen LogP contribution in [-0.4, -0.2) is 0 Å². The number of aromatic nitrogens is 2. The summed E-state index contributed by atoms with van der Waals surface area (Å²) in [4.78, 5) is 0. The number of thiazole rings is 2. The lowest BCUT2D eigenvalue weighted by Gasteiger charge is -2.01. The Kier molecular flexibility index (Phi) is 7.28. The minimum absolute atomic E-state index is 1.16. The second kappa shape index (κ2) is 10.3. The molecule has 0 aliphatic heterocycles. The molecule has 0 radical (unpaired) electrons. The van der Waals surface area contributed by atoms with E-state index < -0.39 is 0 Å². The van der Waals surface area contributed by atoms with Gasteiger partial charge in [-0.05, 0) is 37.5 Å². The van der Waals surface area contributed by atoms with E-state index in [2.05, 4.69) is 69.5 Å². The molecule has 0 amide bonds. The van der Waals surface area contributed by atoms with E-state index in [4.69, 9.17) is 0 Å². The van der Waals surface area contributed by atoms with Crippen LogP contribution in [0.4, 0.5) is 0 Å². The van der Waals surface area contributed by atoms with Crippen molar-refractivity contribution in [2.75, 3.05) is 0 Å². The Morgan fingerprint density at radius 1 is 0.621 bits per heavy atom. The smallest absolute Gasteiger partial charge is 0.188 e. The Balaban J connectivity index is 1.06. The van der Waals surface area contributed by atoms with E-state index in [0.29, 0.717) is 0 Å². The Morgan fingerprint density at radius 3 is 1.86 bits per heavy atom. The summed E-state index contributed by atoms with van der Waals surface area (Å²) in [5.41, 5.74) is 8.73. The first-order valence-corrected chi connectivity index (χ1v) is 12.8. The number of rotatable bonds is 11. The maximum atomic E-state index is 2.44. The second-order valence-electron chi connectivity index (χ2n) is 8.10. The second-order valence-corrected chi connectivity index (χ2v) is 9.87. The van der Waals surface area contributed by atoms with Gasteiger partial charge in [-0.25, -0.2) is 0 Å². The molecule has 2 nitrogen and oxygen atoms in total. The zero-order valence-corrected chi connectivity index (χ0v) is 19.1. The van der Waals surface area contributed by atoms with Gasteiger partial charge in [0.2, 0.25) is 22.1 Å². The van der Waals surface area contributed by atoms with Crippen LogP contribution >= 0.6 is 22.7 Å². The quantitative estimate of drug-likeness (QED) is 0.184. The minimum Gasteiger partial charge on any atom is -0.188 e. The SMILES string of the molecule is Cc1ccc2sc[n+](CCCCCCCCCC[n+]3csc4ccccc43)c2c1. The third kappa shape index (κ3) is 5.43. The lowest BCUT2D eigenvalue weighted by atomic mass is 10.1. The van der Waals surface area contributed by atoms with E-state index in [1.54, 1.807) is 0 Å². The number of benzene rings is 2. The van der Waals surface area contributed by atoms with E-state index in [0.717, 1.165) is 13.1 Å². The summed E-state index contributed by atoms with van der Waals surface area (Å²) in [6.45, 7) is 4.51. The fraction of sp³-hybridized carbons (Fsp3) is 0.440. The van der Waals surface area contributed by atoms with E-state index in [1.807, 2.05) is 22.7 Å². The summed E-state index contributed by atoms with van der Waals surface area (Å²) in [7, 11) is 0. The van der Waals surface area contributed by atoms with E-state index in [9.17, 15) is 0 Å². The highest BCUT2D eigenvalue weighted by Gasteiger charge is 2.11.